The summed E-state index contributed by atoms with van der Waals surface area (Å²) in [5.74, 6) is 2.29. The van der Waals surface area contributed by atoms with Crippen LogP contribution < -0.4 is 5.32 Å². The van der Waals surface area contributed by atoms with E-state index in [0.717, 1.165) is 50.2 Å². The molecule has 0 bridgehead atoms. The minimum Gasteiger partial charge on any atom is -0.347 e. The third-order valence-corrected chi connectivity index (χ3v) is 6.25. The Morgan fingerprint density at radius 2 is 1.83 bits per heavy atom. The van der Waals surface area contributed by atoms with Crippen molar-refractivity contribution >= 4 is 6.03 Å². The minimum absolute atomic E-state index is 0.114. The topological polar surface area (TPSA) is 50.8 Å². The number of amides is 2. The van der Waals surface area contributed by atoms with Gasteiger partial charge in [0.15, 0.2) is 5.79 Å². The van der Waals surface area contributed by atoms with Crippen LogP contribution in [0.5, 0.6) is 0 Å². The third kappa shape index (κ3) is 3.50. The van der Waals surface area contributed by atoms with Gasteiger partial charge in [0.25, 0.3) is 0 Å². The van der Waals surface area contributed by atoms with Gasteiger partial charge in [-0.1, -0.05) is 0 Å². The highest BCUT2D eigenvalue weighted by Gasteiger charge is 2.43. The molecule has 2 aliphatic carbocycles. The van der Waals surface area contributed by atoms with E-state index in [2.05, 4.69) is 5.32 Å². The van der Waals surface area contributed by atoms with Crippen molar-refractivity contribution in [3.63, 3.8) is 0 Å². The number of piperidine rings is 1. The monoisotopic (exact) mass is 322 g/mol. The van der Waals surface area contributed by atoms with E-state index in [9.17, 15) is 4.79 Å². The fraction of sp³-hybridized carbons (Fsp3) is 0.944. The number of nitrogens with one attached hydrogen (secondary N) is 1. The van der Waals surface area contributed by atoms with Crippen molar-refractivity contribution < 1.29 is 14.3 Å². The molecular weight excluding hydrogens is 292 g/mol. The second kappa shape index (κ2) is 6.25. The Morgan fingerprint density at radius 3 is 2.43 bits per heavy atom. The predicted molar refractivity (Wildman–Crippen MR) is 86.9 cm³/mol. The van der Waals surface area contributed by atoms with E-state index < -0.39 is 5.79 Å². The second-order valence-corrected chi connectivity index (χ2v) is 8.02. The number of urea groups is 1. The highest BCUT2D eigenvalue weighted by molar-refractivity contribution is 5.74. The highest BCUT2D eigenvalue weighted by Crippen LogP contribution is 2.48. The number of ether oxygens (including phenoxy) is 2. The van der Waals surface area contributed by atoms with Crippen LogP contribution >= 0.6 is 0 Å². The van der Waals surface area contributed by atoms with Crippen molar-refractivity contribution in [2.45, 2.75) is 51.2 Å². The predicted octanol–water partition coefficient (Wildman–Crippen LogP) is 2.61. The van der Waals surface area contributed by atoms with Crippen molar-refractivity contribution in [2.24, 2.45) is 23.7 Å². The molecule has 2 saturated heterocycles. The summed E-state index contributed by atoms with van der Waals surface area (Å²) in [5.41, 5.74) is 0. The molecule has 1 N–H and O–H groups in total. The van der Waals surface area contributed by atoms with Crippen LogP contribution in [0.25, 0.3) is 0 Å². The number of nitrogens with zero attached hydrogens (tertiary/aromatic N) is 1. The van der Waals surface area contributed by atoms with Gasteiger partial charge in [0.1, 0.15) is 0 Å². The molecule has 2 aliphatic heterocycles. The molecule has 0 radical (unpaired) electrons. The molecule has 0 aromatic carbocycles. The Hall–Kier alpha value is -0.810. The highest BCUT2D eigenvalue weighted by atomic mass is 16.7. The quantitative estimate of drug-likeness (QED) is 0.846. The Balaban J connectivity index is 1.29. The van der Waals surface area contributed by atoms with Crippen molar-refractivity contribution in [3.05, 3.63) is 0 Å². The first kappa shape index (κ1) is 15.7. The van der Waals surface area contributed by atoms with E-state index in [1.807, 2.05) is 11.8 Å². The average molecular weight is 322 g/mol. The van der Waals surface area contributed by atoms with Crippen LogP contribution in [0.1, 0.15) is 45.4 Å². The zero-order valence-corrected chi connectivity index (χ0v) is 14.3. The molecule has 0 aromatic rings. The van der Waals surface area contributed by atoms with E-state index in [-0.39, 0.29) is 11.9 Å². The van der Waals surface area contributed by atoms with Crippen molar-refractivity contribution in [1.29, 1.82) is 0 Å². The Morgan fingerprint density at radius 1 is 1.17 bits per heavy atom. The van der Waals surface area contributed by atoms with E-state index in [1.54, 1.807) is 0 Å². The van der Waals surface area contributed by atoms with Gasteiger partial charge in [-0.2, -0.15) is 0 Å². The van der Waals surface area contributed by atoms with Gasteiger partial charge in [-0.25, -0.2) is 4.79 Å². The smallest absolute Gasteiger partial charge is 0.317 e. The molecule has 5 heteroatoms. The first-order chi connectivity index (χ1) is 11.2. The van der Waals surface area contributed by atoms with Gasteiger partial charge in [-0.15, -0.1) is 0 Å². The Labute approximate surface area is 139 Å². The maximum Gasteiger partial charge on any atom is 0.317 e. The lowest BCUT2D eigenvalue weighted by molar-refractivity contribution is -0.189. The van der Waals surface area contributed by atoms with Crippen LogP contribution in [-0.2, 0) is 9.47 Å². The average Bonchev–Trinajstić information content (AvgIpc) is 3.49. The SMILES string of the molecule is CC1([C@H]2CCCN(C(=O)NCC(C3CC3)C3CC3)C2)OCCO1. The van der Waals surface area contributed by atoms with Gasteiger partial charge in [0.2, 0.25) is 0 Å². The van der Waals surface area contributed by atoms with Crippen LogP contribution in [0.3, 0.4) is 0 Å². The Bertz CT molecular complexity index is 430. The van der Waals surface area contributed by atoms with Gasteiger partial charge >= 0.3 is 6.03 Å². The molecular formula is C18H30N2O3. The third-order valence-electron chi connectivity index (χ3n) is 6.25. The zero-order chi connectivity index (χ0) is 15.9. The lowest BCUT2D eigenvalue weighted by Gasteiger charge is -2.40. The molecule has 0 unspecified atom stereocenters. The number of likely N-dealkylation sites (tertiary alicyclic amines) is 1. The standard InChI is InChI=1S/C18H30N2O3/c1-18(22-9-10-23-18)15-3-2-8-20(12-15)17(21)19-11-16(13-4-5-13)14-6-7-14/h13-16H,2-12H2,1H3,(H,19,21)/t15-/m0/s1. The second-order valence-electron chi connectivity index (χ2n) is 8.02. The molecule has 4 rings (SSSR count). The molecule has 130 valence electrons. The Kier molecular flexibility index (Phi) is 4.26. The summed E-state index contributed by atoms with van der Waals surface area (Å²) in [5, 5.41) is 3.22. The maximum absolute atomic E-state index is 12.6. The van der Waals surface area contributed by atoms with E-state index in [1.165, 1.54) is 25.7 Å². The number of carbonyl (C=O) groups excluding carboxylic acids is 1. The number of rotatable bonds is 5. The largest absolute Gasteiger partial charge is 0.347 e. The fourth-order valence-corrected chi connectivity index (χ4v) is 4.44. The molecule has 0 aromatic heterocycles. The molecule has 2 saturated carbocycles. The molecule has 2 amide bonds. The van der Waals surface area contributed by atoms with Crippen LogP contribution in [0.15, 0.2) is 0 Å². The molecule has 23 heavy (non-hydrogen) atoms. The lowest BCUT2D eigenvalue weighted by atomic mass is 9.90. The zero-order valence-electron chi connectivity index (χ0n) is 14.3. The molecule has 4 fully saturated rings. The van der Waals surface area contributed by atoms with E-state index >= 15 is 0 Å². The van der Waals surface area contributed by atoms with Crippen LogP contribution in [0.4, 0.5) is 4.79 Å². The molecule has 4 aliphatic rings. The summed E-state index contributed by atoms with van der Waals surface area (Å²) in [6.07, 6.45) is 7.60. The first-order valence-corrected chi connectivity index (χ1v) is 9.46. The number of hydrogen-bond acceptors (Lipinski definition) is 3. The fourth-order valence-electron chi connectivity index (χ4n) is 4.44. The summed E-state index contributed by atoms with van der Waals surface area (Å²) < 4.78 is 11.6. The van der Waals surface area contributed by atoms with Gasteiger partial charge in [0, 0.05) is 25.6 Å². The summed E-state index contributed by atoms with van der Waals surface area (Å²) >= 11 is 0. The summed E-state index contributed by atoms with van der Waals surface area (Å²) in [4.78, 5) is 14.6. The molecule has 2 heterocycles. The summed E-state index contributed by atoms with van der Waals surface area (Å²) in [7, 11) is 0. The van der Waals surface area contributed by atoms with Gasteiger partial charge in [-0.3, -0.25) is 0 Å². The van der Waals surface area contributed by atoms with Gasteiger partial charge < -0.3 is 19.7 Å². The maximum atomic E-state index is 12.6. The van der Waals surface area contributed by atoms with Crippen LogP contribution in [0.2, 0.25) is 0 Å². The van der Waals surface area contributed by atoms with Crippen LogP contribution in [0, 0.1) is 23.7 Å². The summed E-state index contributed by atoms with van der Waals surface area (Å²) in [6.45, 7) is 5.85. The lowest BCUT2D eigenvalue weighted by Crippen LogP contribution is -2.52. The van der Waals surface area contributed by atoms with Crippen LogP contribution in [-0.4, -0.2) is 49.6 Å². The molecule has 0 spiro atoms. The van der Waals surface area contributed by atoms with Gasteiger partial charge in [-0.05, 0) is 63.2 Å². The summed E-state index contributed by atoms with van der Waals surface area (Å²) in [6, 6.07) is 0.114. The van der Waals surface area contributed by atoms with E-state index in [0.29, 0.717) is 13.2 Å². The van der Waals surface area contributed by atoms with Crippen molar-refractivity contribution in [3.8, 4) is 0 Å². The normalized spacial score (nSPS) is 30.7. The minimum atomic E-state index is -0.497. The van der Waals surface area contributed by atoms with Gasteiger partial charge in [0.05, 0.1) is 13.2 Å². The molecule has 1 atom stereocenters. The first-order valence-electron chi connectivity index (χ1n) is 9.46. The van der Waals surface area contributed by atoms with Crippen molar-refractivity contribution in [1.82, 2.24) is 10.2 Å². The van der Waals surface area contributed by atoms with Crippen molar-refractivity contribution in [2.75, 3.05) is 32.8 Å². The number of carbonyl (C=O) groups is 1. The van der Waals surface area contributed by atoms with E-state index in [4.69, 9.17) is 9.47 Å². The number of hydrogen-bond donors (Lipinski definition) is 1. The molecule has 5 nitrogen and oxygen atoms in total.